The Labute approximate surface area is 167 Å². The minimum Gasteiger partial charge on any atom is -0.480 e. The highest BCUT2D eigenvalue weighted by Crippen LogP contribution is 2.31. The van der Waals surface area contributed by atoms with Gasteiger partial charge < -0.3 is 25.7 Å². The van der Waals surface area contributed by atoms with Crippen LogP contribution >= 0.6 is 0 Å². The number of hydrogen-bond donors (Lipinski definition) is 5. The van der Waals surface area contributed by atoms with Crippen LogP contribution in [0.15, 0.2) is 0 Å². The van der Waals surface area contributed by atoms with Crippen LogP contribution in [-0.4, -0.2) is 105 Å². The van der Waals surface area contributed by atoms with Gasteiger partial charge in [0.15, 0.2) is 0 Å². The molecular formula is C17H27N3O9. The normalized spacial score (nSPS) is 21.7. The van der Waals surface area contributed by atoms with Gasteiger partial charge in [0.2, 0.25) is 5.91 Å². The molecule has 5 N–H and O–H groups in total. The molecule has 12 heteroatoms. The number of nitrogens with one attached hydrogen (secondary N) is 1. The number of amides is 1. The third-order valence-corrected chi connectivity index (χ3v) is 4.79. The molecule has 0 saturated heterocycles. The Balaban J connectivity index is 3.24. The van der Waals surface area contributed by atoms with E-state index in [1.54, 1.807) is 6.92 Å². The van der Waals surface area contributed by atoms with E-state index >= 15 is 0 Å². The molecule has 3 unspecified atom stereocenters. The maximum Gasteiger partial charge on any atom is 0.317 e. The Kier molecular flexibility index (Phi) is 9.48. The van der Waals surface area contributed by atoms with Crippen LogP contribution < -0.4 is 5.32 Å². The monoisotopic (exact) mass is 417 g/mol. The SMILES string of the molecule is CCNC(=O)C1CCC(N(CC(=O)O)CC(=O)O)C(N(CC(=O)O)CC(=O)O)C1. The molecule has 1 aliphatic carbocycles. The molecule has 0 heterocycles. The fourth-order valence-electron chi connectivity index (χ4n) is 3.78. The van der Waals surface area contributed by atoms with Gasteiger partial charge >= 0.3 is 23.9 Å². The van der Waals surface area contributed by atoms with Gasteiger partial charge in [0.1, 0.15) is 0 Å². The summed E-state index contributed by atoms with van der Waals surface area (Å²) in [6.07, 6.45) is 0.659. The van der Waals surface area contributed by atoms with E-state index in [-0.39, 0.29) is 18.7 Å². The van der Waals surface area contributed by atoms with Crippen molar-refractivity contribution in [2.24, 2.45) is 5.92 Å². The molecular weight excluding hydrogens is 390 g/mol. The minimum absolute atomic E-state index is 0.0901. The van der Waals surface area contributed by atoms with Gasteiger partial charge in [0, 0.05) is 24.5 Å². The summed E-state index contributed by atoms with van der Waals surface area (Å²) in [5.41, 5.74) is 0. The average molecular weight is 417 g/mol. The van der Waals surface area contributed by atoms with E-state index in [2.05, 4.69) is 5.32 Å². The van der Waals surface area contributed by atoms with Gasteiger partial charge in [-0.25, -0.2) is 0 Å². The second kappa shape index (κ2) is 11.3. The van der Waals surface area contributed by atoms with Crippen molar-refractivity contribution in [1.29, 1.82) is 0 Å². The van der Waals surface area contributed by atoms with Crippen molar-refractivity contribution in [2.75, 3.05) is 32.7 Å². The second-order valence-corrected chi connectivity index (χ2v) is 6.92. The van der Waals surface area contributed by atoms with Gasteiger partial charge in [-0.1, -0.05) is 0 Å². The highest BCUT2D eigenvalue weighted by atomic mass is 16.4. The van der Waals surface area contributed by atoms with Crippen molar-refractivity contribution in [2.45, 2.75) is 38.3 Å². The van der Waals surface area contributed by atoms with Crippen LogP contribution in [0, 0.1) is 5.92 Å². The lowest BCUT2D eigenvalue weighted by Crippen LogP contribution is -2.59. The third-order valence-electron chi connectivity index (χ3n) is 4.79. The lowest BCUT2D eigenvalue weighted by Gasteiger charge is -2.45. The summed E-state index contributed by atoms with van der Waals surface area (Å²) in [7, 11) is 0. The quantitative estimate of drug-likeness (QED) is 0.251. The number of carboxylic acid groups (broad SMARTS) is 4. The Morgan fingerprint density at radius 1 is 0.759 bits per heavy atom. The largest absolute Gasteiger partial charge is 0.480 e. The van der Waals surface area contributed by atoms with Crippen LogP contribution in [0.5, 0.6) is 0 Å². The Bertz CT molecular complexity index is 608. The van der Waals surface area contributed by atoms with E-state index < -0.39 is 68.1 Å². The van der Waals surface area contributed by atoms with Crippen molar-refractivity contribution < 1.29 is 44.4 Å². The van der Waals surface area contributed by atoms with Crippen molar-refractivity contribution in [3.8, 4) is 0 Å². The molecule has 0 bridgehead atoms. The zero-order valence-electron chi connectivity index (χ0n) is 16.1. The third kappa shape index (κ3) is 8.03. The lowest BCUT2D eigenvalue weighted by molar-refractivity contribution is -0.150. The summed E-state index contributed by atoms with van der Waals surface area (Å²) in [5, 5.41) is 39.4. The van der Waals surface area contributed by atoms with Crippen molar-refractivity contribution in [3.63, 3.8) is 0 Å². The molecule has 0 aromatic rings. The summed E-state index contributed by atoms with van der Waals surface area (Å²) < 4.78 is 0. The molecule has 0 aliphatic heterocycles. The minimum atomic E-state index is -1.28. The van der Waals surface area contributed by atoms with E-state index in [0.717, 1.165) is 4.90 Å². The molecule has 164 valence electrons. The fourth-order valence-corrected chi connectivity index (χ4v) is 3.78. The molecule has 1 amide bonds. The first kappa shape index (κ1) is 24.3. The van der Waals surface area contributed by atoms with Gasteiger partial charge in [-0.3, -0.25) is 33.8 Å². The summed E-state index contributed by atoms with van der Waals surface area (Å²) in [4.78, 5) is 59.6. The van der Waals surface area contributed by atoms with E-state index in [0.29, 0.717) is 13.0 Å². The predicted octanol–water partition coefficient (Wildman–Crippen LogP) is -1.40. The number of hydrogen-bond acceptors (Lipinski definition) is 7. The van der Waals surface area contributed by atoms with E-state index in [1.165, 1.54) is 4.90 Å². The first-order chi connectivity index (χ1) is 13.5. The molecule has 1 fully saturated rings. The average Bonchev–Trinajstić information content (AvgIpc) is 2.58. The molecule has 3 atom stereocenters. The van der Waals surface area contributed by atoms with E-state index in [9.17, 15) is 34.2 Å². The van der Waals surface area contributed by atoms with Crippen molar-refractivity contribution in [1.82, 2.24) is 15.1 Å². The molecule has 0 aromatic carbocycles. The van der Waals surface area contributed by atoms with Crippen LogP contribution in [0.4, 0.5) is 0 Å². The van der Waals surface area contributed by atoms with Crippen molar-refractivity contribution in [3.05, 3.63) is 0 Å². The number of rotatable bonds is 12. The van der Waals surface area contributed by atoms with E-state index in [1.807, 2.05) is 0 Å². The fraction of sp³-hybridized carbons (Fsp3) is 0.706. The van der Waals surface area contributed by atoms with E-state index in [4.69, 9.17) is 10.2 Å². The maximum absolute atomic E-state index is 12.3. The highest BCUT2D eigenvalue weighted by Gasteiger charge is 2.41. The molecule has 12 nitrogen and oxygen atoms in total. The Hall–Kier alpha value is -2.73. The zero-order chi connectivity index (χ0) is 22.1. The van der Waals surface area contributed by atoms with Gasteiger partial charge in [-0.15, -0.1) is 0 Å². The lowest BCUT2D eigenvalue weighted by atomic mass is 9.80. The number of aliphatic carboxylic acids is 4. The number of nitrogens with zero attached hydrogens (tertiary/aromatic N) is 2. The molecule has 1 rings (SSSR count). The molecule has 0 radical (unpaired) electrons. The first-order valence-electron chi connectivity index (χ1n) is 9.18. The number of carboxylic acids is 4. The Morgan fingerprint density at radius 3 is 1.55 bits per heavy atom. The van der Waals surface area contributed by atoms with Gasteiger partial charge in [0.05, 0.1) is 26.2 Å². The van der Waals surface area contributed by atoms with Crippen LogP contribution in [0.25, 0.3) is 0 Å². The van der Waals surface area contributed by atoms with Gasteiger partial charge in [-0.05, 0) is 26.2 Å². The van der Waals surface area contributed by atoms with Crippen molar-refractivity contribution >= 4 is 29.8 Å². The molecule has 0 spiro atoms. The van der Waals surface area contributed by atoms with Gasteiger partial charge in [0.25, 0.3) is 0 Å². The zero-order valence-corrected chi connectivity index (χ0v) is 16.1. The highest BCUT2D eigenvalue weighted by molar-refractivity contribution is 5.79. The molecule has 29 heavy (non-hydrogen) atoms. The number of carbonyl (C=O) groups excluding carboxylic acids is 1. The standard InChI is InChI=1S/C17H27N3O9/c1-2-18-17(29)10-3-4-11(19(6-13(21)22)7-14(23)24)12(5-10)20(8-15(25)26)9-16(27)28/h10-12H,2-9H2,1H3,(H,18,29)(H,21,22)(H,23,24)(H,25,26)(H,27,28). The van der Waals surface area contributed by atoms with Crippen LogP contribution in [0.2, 0.25) is 0 Å². The molecule has 1 saturated carbocycles. The molecule has 1 aliphatic rings. The maximum atomic E-state index is 12.3. The van der Waals surface area contributed by atoms with Crippen LogP contribution in [0.3, 0.4) is 0 Å². The smallest absolute Gasteiger partial charge is 0.317 e. The Morgan fingerprint density at radius 2 is 1.17 bits per heavy atom. The summed E-state index contributed by atoms with van der Waals surface area (Å²) in [5.74, 6) is -5.87. The first-order valence-corrected chi connectivity index (χ1v) is 9.18. The summed E-state index contributed by atoms with van der Waals surface area (Å²) in [6.45, 7) is -0.348. The second-order valence-electron chi connectivity index (χ2n) is 6.92. The number of carbonyl (C=O) groups is 5. The topological polar surface area (TPSA) is 185 Å². The summed E-state index contributed by atoms with van der Waals surface area (Å²) >= 11 is 0. The van der Waals surface area contributed by atoms with Crippen LogP contribution in [-0.2, 0) is 24.0 Å². The summed E-state index contributed by atoms with van der Waals surface area (Å²) in [6, 6.07) is -1.55. The van der Waals surface area contributed by atoms with Crippen LogP contribution in [0.1, 0.15) is 26.2 Å². The van der Waals surface area contributed by atoms with Gasteiger partial charge in [-0.2, -0.15) is 0 Å². The predicted molar refractivity (Wildman–Crippen MR) is 97.3 cm³/mol. The molecule has 0 aromatic heterocycles.